The van der Waals surface area contributed by atoms with Gasteiger partial charge in [0.2, 0.25) is 0 Å². The van der Waals surface area contributed by atoms with Crippen LogP contribution in [0.15, 0.2) is 16.8 Å². The van der Waals surface area contributed by atoms with Gasteiger partial charge in [0.15, 0.2) is 6.10 Å². The molecule has 0 aliphatic carbocycles. The minimum Gasteiger partial charge on any atom is -0.464 e. The van der Waals surface area contributed by atoms with E-state index in [2.05, 4.69) is 4.74 Å². The van der Waals surface area contributed by atoms with Gasteiger partial charge in [-0.25, -0.2) is 4.79 Å². The average molecular weight is 215 g/mol. The first kappa shape index (κ1) is 11.2. The van der Waals surface area contributed by atoms with E-state index in [9.17, 15) is 9.90 Å². The molecule has 1 rings (SSSR count). The van der Waals surface area contributed by atoms with E-state index in [4.69, 9.17) is 5.73 Å². The van der Waals surface area contributed by atoms with Crippen LogP contribution in [0.25, 0.3) is 0 Å². The van der Waals surface area contributed by atoms with Crippen LogP contribution in [-0.2, 0) is 9.53 Å². The summed E-state index contributed by atoms with van der Waals surface area (Å²) in [6, 6.07) is 1.07. The fourth-order valence-corrected chi connectivity index (χ4v) is 1.73. The van der Waals surface area contributed by atoms with Crippen molar-refractivity contribution in [3.63, 3.8) is 0 Å². The molecule has 0 amide bonds. The van der Waals surface area contributed by atoms with Crippen molar-refractivity contribution in [1.29, 1.82) is 0 Å². The Balaban J connectivity index is 2.61. The largest absolute Gasteiger partial charge is 0.464 e. The fraction of sp³-hybridized carbons (Fsp3) is 0.444. The smallest absolute Gasteiger partial charge is 0.336 e. The highest BCUT2D eigenvalue weighted by molar-refractivity contribution is 7.07. The zero-order valence-electron chi connectivity index (χ0n) is 7.84. The molecule has 0 saturated carbocycles. The number of thiophene rings is 1. The zero-order chi connectivity index (χ0) is 10.6. The second-order valence-electron chi connectivity index (χ2n) is 2.78. The lowest BCUT2D eigenvalue weighted by atomic mass is 10.1. The first-order valence-corrected chi connectivity index (χ1v) is 5.23. The maximum Gasteiger partial charge on any atom is 0.336 e. The maximum atomic E-state index is 11.1. The first-order chi connectivity index (χ1) is 6.66. The molecule has 0 unspecified atom stereocenters. The van der Waals surface area contributed by atoms with E-state index in [0.29, 0.717) is 0 Å². The normalized spacial score (nSPS) is 14.8. The minimum atomic E-state index is -1.29. The molecule has 0 fully saturated rings. The number of nitrogens with two attached hydrogens (primary N) is 1. The minimum absolute atomic E-state index is 0.242. The van der Waals surface area contributed by atoms with E-state index in [0.717, 1.165) is 5.56 Å². The van der Waals surface area contributed by atoms with E-state index >= 15 is 0 Å². The van der Waals surface area contributed by atoms with Crippen LogP contribution in [0.2, 0.25) is 0 Å². The summed E-state index contributed by atoms with van der Waals surface area (Å²) in [5.41, 5.74) is 6.42. The van der Waals surface area contributed by atoms with Crippen molar-refractivity contribution >= 4 is 17.3 Å². The third-order valence-corrected chi connectivity index (χ3v) is 2.50. The molecule has 0 bridgehead atoms. The molecule has 1 heterocycles. The summed E-state index contributed by atoms with van der Waals surface area (Å²) in [5.74, 6) is -0.675. The van der Waals surface area contributed by atoms with Crippen LogP contribution in [0.3, 0.4) is 0 Å². The predicted octanol–water partition coefficient (Wildman–Crippen LogP) is 0.672. The number of aliphatic hydroxyl groups is 1. The van der Waals surface area contributed by atoms with Gasteiger partial charge in [-0.2, -0.15) is 11.3 Å². The lowest BCUT2D eigenvalue weighted by Crippen LogP contribution is -2.34. The molecular formula is C9H13NO3S. The standard InChI is InChI=1S/C9H13NO3S/c1-2-13-9(12)8(11)7(10)6-3-4-14-5-6/h3-5,7-8,11H,2,10H2,1H3/t7-,8+/m0/s1. The number of hydrogen-bond donors (Lipinski definition) is 2. The molecule has 1 aromatic rings. The molecule has 4 nitrogen and oxygen atoms in total. The van der Waals surface area contributed by atoms with Crippen molar-refractivity contribution < 1.29 is 14.6 Å². The summed E-state index contributed by atoms with van der Waals surface area (Å²) in [6.45, 7) is 1.92. The number of hydrogen-bond acceptors (Lipinski definition) is 5. The molecule has 0 spiro atoms. The summed E-state index contributed by atoms with van der Waals surface area (Å²) in [6.07, 6.45) is -1.29. The molecular weight excluding hydrogens is 202 g/mol. The van der Waals surface area contributed by atoms with Crippen molar-refractivity contribution in [3.05, 3.63) is 22.4 Å². The Hall–Kier alpha value is -0.910. The van der Waals surface area contributed by atoms with E-state index < -0.39 is 18.1 Å². The van der Waals surface area contributed by atoms with Crippen LogP contribution in [0.4, 0.5) is 0 Å². The first-order valence-electron chi connectivity index (χ1n) is 4.29. The average Bonchev–Trinajstić information content (AvgIpc) is 2.68. The number of esters is 1. The maximum absolute atomic E-state index is 11.1. The quantitative estimate of drug-likeness (QED) is 0.724. The summed E-state index contributed by atoms with van der Waals surface area (Å²) in [4.78, 5) is 11.1. The van der Waals surface area contributed by atoms with Gasteiger partial charge in [0, 0.05) is 0 Å². The highest BCUT2D eigenvalue weighted by Crippen LogP contribution is 2.17. The molecule has 1 aromatic heterocycles. The van der Waals surface area contributed by atoms with E-state index in [-0.39, 0.29) is 6.61 Å². The van der Waals surface area contributed by atoms with Crippen LogP contribution >= 0.6 is 11.3 Å². The zero-order valence-corrected chi connectivity index (χ0v) is 8.66. The van der Waals surface area contributed by atoms with Crippen molar-refractivity contribution in [1.82, 2.24) is 0 Å². The van der Waals surface area contributed by atoms with Gasteiger partial charge >= 0.3 is 5.97 Å². The Morgan fingerprint density at radius 1 is 1.79 bits per heavy atom. The SMILES string of the molecule is CCOC(=O)[C@H](O)[C@@H](N)c1ccsc1. The van der Waals surface area contributed by atoms with Crippen molar-refractivity contribution in [2.75, 3.05) is 6.61 Å². The Morgan fingerprint density at radius 3 is 3.00 bits per heavy atom. The van der Waals surface area contributed by atoms with Gasteiger partial charge in [-0.1, -0.05) is 0 Å². The highest BCUT2D eigenvalue weighted by Gasteiger charge is 2.25. The number of carbonyl (C=O) groups is 1. The Kier molecular flexibility index (Phi) is 4.06. The monoisotopic (exact) mass is 215 g/mol. The molecule has 0 radical (unpaired) electrons. The second-order valence-corrected chi connectivity index (χ2v) is 3.56. The van der Waals surface area contributed by atoms with Gasteiger partial charge in [-0.05, 0) is 29.3 Å². The summed E-state index contributed by atoms with van der Waals surface area (Å²) in [5, 5.41) is 13.1. The van der Waals surface area contributed by atoms with Crippen LogP contribution in [0.1, 0.15) is 18.5 Å². The number of ether oxygens (including phenoxy) is 1. The van der Waals surface area contributed by atoms with Crippen LogP contribution in [-0.4, -0.2) is 23.8 Å². The lowest BCUT2D eigenvalue weighted by Gasteiger charge is -2.15. The van der Waals surface area contributed by atoms with Gasteiger partial charge in [0.05, 0.1) is 12.6 Å². The van der Waals surface area contributed by atoms with Gasteiger partial charge in [0.1, 0.15) is 0 Å². The van der Waals surface area contributed by atoms with Crippen LogP contribution in [0, 0.1) is 0 Å². The van der Waals surface area contributed by atoms with Crippen molar-refractivity contribution in [3.8, 4) is 0 Å². The lowest BCUT2D eigenvalue weighted by molar-refractivity contribution is -0.154. The summed E-state index contributed by atoms with van der Waals surface area (Å²) < 4.78 is 4.66. The molecule has 0 aliphatic heterocycles. The topological polar surface area (TPSA) is 72.5 Å². The third-order valence-electron chi connectivity index (χ3n) is 1.80. The second kappa shape index (κ2) is 5.09. The Morgan fingerprint density at radius 2 is 2.50 bits per heavy atom. The molecule has 0 saturated heterocycles. The van der Waals surface area contributed by atoms with Crippen molar-refractivity contribution in [2.45, 2.75) is 19.1 Å². The highest BCUT2D eigenvalue weighted by atomic mass is 32.1. The predicted molar refractivity (Wildman–Crippen MR) is 53.9 cm³/mol. The van der Waals surface area contributed by atoms with Gasteiger partial charge < -0.3 is 15.6 Å². The molecule has 2 atom stereocenters. The van der Waals surface area contributed by atoms with Gasteiger partial charge in [-0.15, -0.1) is 0 Å². The van der Waals surface area contributed by atoms with Crippen LogP contribution in [0.5, 0.6) is 0 Å². The Bertz CT molecular complexity index is 286. The fourth-order valence-electron chi connectivity index (χ4n) is 1.02. The number of carbonyl (C=O) groups excluding carboxylic acids is 1. The molecule has 0 aliphatic rings. The molecule has 3 N–H and O–H groups in total. The van der Waals surface area contributed by atoms with Crippen LogP contribution < -0.4 is 5.73 Å². The van der Waals surface area contributed by atoms with Crippen molar-refractivity contribution in [2.24, 2.45) is 5.73 Å². The van der Waals surface area contributed by atoms with E-state index in [1.165, 1.54) is 11.3 Å². The third kappa shape index (κ3) is 2.54. The summed E-state index contributed by atoms with van der Waals surface area (Å²) in [7, 11) is 0. The van der Waals surface area contributed by atoms with E-state index in [1.54, 1.807) is 18.4 Å². The van der Waals surface area contributed by atoms with Gasteiger partial charge in [0.25, 0.3) is 0 Å². The molecule has 78 valence electrons. The van der Waals surface area contributed by atoms with Gasteiger partial charge in [-0.3, -0.25) is 0 Å². The Labute approximate surface area is 86.3 Å². The number of aliphatic hydroxyl groups excluding tert-OH is 1. The molecule has 5 heteroatoms. The molecule has 0 aromatic carbocycles. The summed E-state index contributed by atoms with van der Waals surface area (Å²) >= 11 is 1.47. The number of rotatable bonds is 4. The van der Waals surface area contributed by atoms with E-state index in [1.807, 2.05) is 5.38 Å². The molecule has 14 heavy (non-hydrogen) atoms.